The van der Waals surface area contributed by atoms with Crippen LogP contribution in [0.1, 0.15) is 37.8 Å². The molecular formula is C20H26O2. The molecule has 0 aromatic heterocycles. The Labute approximate surface area is 134 Å². The lowest BCUT2D eigenvalue weighted by Crippen LogP contribution is -1.97. The van der Waals surface area contributed by atoms with Crippen molar-refractivity contribution >= 4 is 0 Å². The highest BCUT2D eigenvalue weighted by Gasteiger charge is 2.05. The van der Waals surface area contributed by atoms with Crippen LogP contribution in [0.5, 0.6) is 0 Å². The molecule has 2 aromatic rings. The van der Waals surface area contributed by atoms with Gasteiger partial charge >= 0.3 is 0 Å². The summed E-state index contributed by atoms with van der Waals surface area (Å²) in [6.45, 7) is 7.24. The van der Waals surface area contributed by atoms with Crippen molar-refractivity contribution in [2.75, 3.05) is 13.2 Å². The first-order valence-corrected chi connectivity index (χ1v) is 8.17. The zero-order chi connectivity index (χ0) is 15.6. The third-order valence-corrected chi connectivity index (χ3v) is 3.51. The highest BCUT2D eigenvalue weighted by atomic mass is 16.5. The van der Waals surface area contributed by atoms with Gasteiger partial charge in [-0.1, -0.05) is 62.4 Å². The van der Waals surface area contributed by atoms with Crippen LogP contribution < -0.4 is 0 Å². The molecule has 0 saturated heterocycles. The van der Waals surface area contributed by atoms with Gasteiger partial charge in [0.2, 0.25) is 0 Å². The third kappa shape index (κ3) is 4.97. The van der Waals surface area contributed by atoms with Gasteiger partial charge in [0.15, 0.2) is 0 Å². The minimum atomic E-state index is 0.672. The van der Waals surface area contributed by atoms with Crippen LogP contribution in [0.25, 0.3) is 11.1 Å². The Hall–Kier alpha value is -1.64. The zero-order valence-electron chi connectivity index (χ0n) is 13.7. The second-order valence-electron chi connectivity index (χ2n) is 5.46. The first-order valence-electron chi connectivity index (χ1n) is 8.17. The van der Waals surface area contributed by atoms with Crippen molar-refractivity contribution in [2.24, 2.45) is 0 Å². The van der Waals surface area contributed by atoms with Crippen LogP contribution in [0.2, 0.25) is 0 Å². The molecule has 0 radical (unpaired) electrons. The summed E-state index contributed by atoms with van der Waals surface area (Å²) < 4.78 is 11.3. The fourth-order valence-corrected chi connectivity index (χ4v) is 2.37. The number of hydrogen-bond donors (Lipinski definition) is 0. The number of benzene rings is 2. The van der Waals surface area contributed by atoms with Crippen molar-refractivity contribution in [3.05, 3.63) is 59.7 Å². The van der Waals surface area contributed by atoms with E-state index in [1.807, 2.05) is 0 Å². The summed E-state index contributed by atoms with van der Waals surface area (Å²) in [5.41, 5.74) is 4.94. The van der Waals surface area contributed by atoms with Crippen LogP contribution in [0.4, 0.5) is 0 Å². The molecule has 2 rings (SSSR count). The second kappa shape index (κ2) is 9.39. The number of ether oxygens (including phenoxy) is 2. The molecule has 0 saturated carbocycles. The molecule has 22 heavy (non-hydrogen) atoms. The highest BCUT2D eigenvalue weighted by Crippen LogP contribution is 2.25. The van der Waals surface area contributed by atoms with E-state index < -0.39 is 0 Å². The van der Waals surface area contributed by atoms with Crippen LogP contribution >= 0.6 is 0 Å². The van der Waals surface area contributed by atoms with E-state index in [0.29, 0.717) is 13.2 Å². The third-order valence-electron chi connectivity index (χ3n) is 3.51. The minimum Gasteiger partial charge on any atom is -0.377 e. The van der Waals surface area contributed by atoms with E-state index in [2.05, 4.69) is 62.4 Å². The van der Waals surface area contributed by atoms with Crippen LogP contribution in [-0.2, 0) is 22.7 Å². The summed E-state index contributed by atoms with van der Waals surface area (Å²) in [7, 11) is 0. The molecule has 118 valence electrons. The van der Waals surface area contributed by atoms with E-state index in [-0.39, 0.29) is 0 Å². The van der Waals surface area contributed by atoms with Gasteiger partial charge in [0.05, 0.1) is 13.2 Å². The van der Waals surface area contributed by atoms with Gasteiger partial charge in [-0.3, -0.25) is 0 Å². The molecule has 2 aromatic carbocycles. The van der Waals surface area contributed by atoms with Crippen molar-refractivity contribution in [3.63, 3.8) is 0 Å². The molecule has 2 nitrogen and oxygen atoms in total. The van der Waals surface area contributed by atoms with Gasteiger partial charge in [-0.05, 0) is 35.1 Å². The van der Waals surface area contributed by atoms with Crippen molar-refractivity contribution < 1.29 is 9.47 Å². The summed E-state index contributed by atoms with van der Waals surface area (Å²) in [5.74, 6) is 0. The Morgan fingerprint density at radius 1 is 0.727 bits per heavy atom. The summed E-state index contributed by atoms with van der Waals surface area (Å²) >= 11 is 0. The van der Waals surface area contributed by atoms with Crippen LogP contribution in [0.3, 0.4) is 0 Å². The van der Waals surface area contributed by atoms with Gasteiger partial charge < -0.3 is 9.47 Å². The molecule has 0 unspecified atom stereocenters. The van der Waals surface area contributed by atoms with Crippen molar-refractivity contribution in [3.8, 4) is 11.1 Å². The molecule has 0 aliphatic carbocycles. The smallest absolute Gasteiger partial charge is 0.0722 e. The fourth-order valence-electron chi connectivity index (χ4n) is 2.37. The summed E-state index contributed by atoms with van der Waals surface area (Å²) in [5, 5.41) is 0. The van der Waals surface area contributed by atoms with Crippen LogP contribution in [0, 0.1) is 0 Å². The molecule has 0 spiro atoms. The van der Waals surface area contributed by atoms with E-state index in [1.54, 1.807) is 0 Å². The van der Waals surface area contributed by atoms with Crippen molar-refractivity contribution in [2.45, 2.75) is 39.9 Å². The SMILES string of the molecule is CCCOCc1ccc(-c2ccccc2COCCC)cc1. The summed E-state index contributed by atoms with van der Waals surface area (Å²) in [6.07, 6.45) is 2.11. The maximum atomic E-state index is 5.70. The standard InChI is InChI=1S/C20H26O2/c1-3-13-21-15-17-9-11-18(12-10-17)20-8-6-5-7-19(20)16-22-14-4-2/h5-12H,3-4,13-16H2,1-2H3. The first kappa shape index (κ1) is 16.7. The normalized spacial score (nSPS) is 10.8. The first-order chi connectivity index (χ1) is 10.8. The molecule has 0 amide bonds. The van der Waals surface area contributed by atoms with Gasteiger partial charge in [0, 0.05) is 13.2 Å². The lowest BCUT2D eigenvalue weighted by molar-refractivity contribution is 0.121. The molecule has 0 aliphatic rings. The minimum absolute atomic E-state index is 0.672. The van der Waals surface area contributed by atoms with Crippen molar-refractivity contribution in [1.29, 1.82) is 0 Å². The molecule has 0 N–H and O–H groups in total. The molecule has 0 heterocycles. The van der Waals surface area contributed by atoms with Crippen LogP contribution in [0.15, 0.2) is 48.5 Å². The van der Waals surface area contributed by atoms with E-state index in [0.717, 1.165) is 26.1 Å². The van der Waals surface area contributed by atoms with Gasteiger partial charge in [-0.25, -0.2) is 0 Å². The fraction of sp³-hybridized carbons (Fsp3) is 0.400. The summed E-state index contributed by atoms with van der Waals surface area (Å²) in [4.78, 5) is 0. The monoisotopic (exact) mass is 298 g/mol. The van der Waals surface area contributed by atoms with Gasteiger partial charge in [-0.15, -0.1) is 0 Å². The van der Waals surface area contributed by atoms with Gasteiger partial charge in [0.1, 0.15) is 0 Å². The van der Waals surface area contributed by atoms with Crippen LogP contribution in [-0.4, -0.2) is 13.2 Å². The molecular weight excluding hydrogens is 272 g/mol. The largest absolute Gasteiger partial charge is 0.377 e. The average Bonchev–Trinajstić information content (AvgIpc) is 2.57. The number of hydrogen-bond acceptors (Lipinski definition) is 2. The maximum absolute atomic E-state index is 5.70. The Morgan fingerprint density at radius 3 is 2.05 bits per heavy atom. The van der Waals surface area contributed by atoms with Gasteiger partial charge in [0.25, 0.3) is 0 Å². The molecule has 0 atom stereocenters. The van der Waals surface area contributed by atoms with Gasteiger partial charge in [-0.2, -0.15) is 0 Å². The number of rotatable bonds is 9. The topological polar surface area (TPSA) is 18.5 Å². The summed E-state index contributed by atoms with van der Waals surface area (Å²) in [6, 6.07) is 17.1. The maximum Gasteiger partial charge on any atom is 0.0722 e. The Bertz CT molecular complexity index is 546. The zero-order valence-corrected chi connectivity index (χ0v) is 13.7. The quantitative estimate of drug-likeness (QED) is 0.592. The predicted molar refractivity (Wildman–Crippen MR) is 91.8 cm³/mol. The Kier molecular flexibility index (Phi) is 7.14. The van der Waals surface area contributed by atoms with E-state index in [9.17, 15) is 0 Å². The molecule has 0 aliphatic heterocycles. The van der Waals surface area contributed by atoms with E-state index in [4.69, 9.17) is 9.47 Å². The second-order valence-corrected chi connectivity index (χ2v) is 5.46. The van der Waals surface area contributed by atoms with Crippen molar-refractivity contribution in [1.82, 2.24) is 0 Å². The predicted octanol–water partition coefficient (Wildman–Crippen LogP) is 5.21. The Balaban J connectivity index is 2.07. The van der Waals surface area contributed by atoms with E-state index in [1.165, 1.54) is 22.3 Å². The molecule has 0 fully saturated rings. The highest BCUT2D eigenvalue weighted by molar-refractivity contribution is 5.67. The lowest BCUT2D eigenvalue weighted by Gasteiger charge is -2.11. The average molecular weight is 298 g/mol. The molecule has 0 bridgehead atoms. The Morgan fingerprint density at radius 2 is 1.36 bits per heavy atom. The lowest BCUT2D eigenvalue weighted by atomic mass is 9.99. The van der Waals surface area contributed by atoms with E-state index >= 15 is 0 Å². The molecule has 2 heteroatoms.